The average molecular weight is 211 g/mol. The normalized spacial score (nSPS) is 26.9. The van der Waals surface area contributed by atoms with Gasteiger partial charge < -0.3 is 5.32 Å². The summed E-state index contributed by atoms with van der Waals surface area (Å²) in [7, 11) is 0. The first-order chi connectivity index (χ1) is 6.59. The summed E-state index contributed by atoms with van der Waals surface area (Å²) in [6.45, 7) is 6.75. The summed E-state index contributed by atoms with van der Waals surface area (Å²) in [5.41, 5.74) is 1.16. The molecule has 0 aromatic carbocycles. The minimum absolute atomic E-state index is 0.364. The smallest absolute Gasteiger partial charge is 0.0518 e. The first kappa shape index (κ1) is 10.1. The van der Waals surface area contributed by atoms with Crippen LogP contribution >= 0.6 is 11.8 Å². The second-order valence-corrected chi connectivity index (χ2v) is 6.04. The molecular weight excluding hydrogens is 194 g/mol. The van der Waals surface area contributed by atoms with Gasteiger partial charge in [-0.15, -0.1) is 0 Å². The Morgan fingerprint density at radius 1 is 1.71 bits per heavy atom. The van der Waals surface area contributed by atoms with Gasteiger partial charge in [-0.2, -0.15) is 16.9 Å². The monoisotopic (exact) mass is 211 g/mol. The van der Waals surface area contributed by atoms with Crippen molar-refractivity contribution < 1.29 is 0 Å². The third-order valence-corrected chi connectivity index (χ3v) is 4.43. The quantitative estimate of drug-likeness (QED) is 0.803. The van der Waals surface area contributed by atoms with Gasteiger partial charge in [0.15, 0.2) is 0 Å². The minimum atomic E-state index is 0.364. The number of nitrogens with zero attached hydrogens (tertiary/aromatic N) is 1. The minimum Gasteiger partial charge on any atom is -0.304 e. The van der Waals surface area contributed by atoms with Crippen molar-refractivity contribution in [1.29, 1.82) is 0 Å². The molecule has 0 radical (unpaired) electrons. The molecule has 2 heterocycles. The Balaban J connectivity index is 1.92. The predicted octanol–water partition coefficient (Wildman–Crippen LogP) is 1.95. The van der Waals surface area contributed by atoms with Crippen molar-refractivity contribution in [3.8, 4) is 0 Å². The molecule has 1 aliphatic heterocycles. The fraction of sp³-hybridized carbons (Fsp3) is 0.700. The molecule has 4 heteroatoms. The van der Waals surface area contributed by atoms with Gasteiger partial charge in [0.25, 0.3) is 0 Å². The Hall–Kier alpha value is -0.480. The van der Waals surface area contributed by atoms with E-state index in [1.807, 2.05) is 17.8 Å². The van der Waals surface area contributed by atoms with E-state index in [0.717, 1.165) is 5.69 Å². The van der Waals surface area contributed by atoms with Gasteiger partial charge in [0, 0.05) is 28.8 Å². The van der Waals surface area contributed by atoms with Crippen LogP contribution in [0.3, 0.4) is 0 Å². The van der Waals surface area contributed by atoms with Crippen LogP contribution in [0, 0.1) is 0 Å². The van der Waals surface area contributed by atoms with Gasteiger partial charge in [0.1, 0.15) is 0 Å². The maximum absolute atomic E-state index is 3.96. The van der Waals surface area contributed by atoms with Crippen molar-refractivity contribution in [2.24, 2.45) is 0 Å². The molecule has 1 fully saturated rings. The topological polar surface area (TPSA) is 40.7 Å². The molecule has 1 aliphatic rings. The fourth-order valence-corrected chi connectivity index (χ4v) is 2.81. The van der Waals surface area contributed by atoms with Gasteiger partial charge >= 0.3 is 0 Å². The number of H-pyrrole nitrogens is 1. The Morgan fingerprint density at radius 2 is 2.50 bits per heavy atom. The highest BCUT2D eigenvalue weighted by atomic mass is 32.2. The molecule has 1 aromatic rings. The molecule has 0 aliphatic carbocycles. The van der Waals surface area contributed by atoms with Crippen LogP contribution in [0.4, 0.5) is 0 Å². The molecule has 2 rings (SSSR count). The first-order valence-electron chi connectivity index (χ1n) is 4.99. The van der Waals surface area contributed by atoms with Crippen molar-refractivity contribution >= 4 is 11.8 Å². The molecule has 3 nitrogen and oxygen atoms in total. The molecule has 14 heavy (non-hydrogen) atoms. The number of nitrogens with one attached hydrogen (secondary N) is 2. The summed E-state index contributed by atoms with van der Waals surface area (Å²) >= 11 is 2.02. The van der Waals surface area contributed by atoms with E-state index < -0.39 is 0 Å². The van der Waals surface area contributed by atoms with Crippen LogP contribution in [0.25, 0.3) is 0 Å². The summed E-state index contributed by atoms with van der Waals surface area (Å²) in [5.74, 6) is 1.21. The lowest BCUT2D eigenvalue weighted by molar-refractivity contribution is 0.392. The number of aromatic nitrogens is 2. The number of aromatic amines is 1. The van der Waals surface area contributed by atoms with E-state index >= 15 is 0 Å². The molecule has 1 aromatic heterocycles. The largest absolute Gasteiger partial charge is 0.304 e. The lowest BCUT2D eigenvalue weighted by Gasteiger charge is -2.45. The third-order valence-electron chi connectivity index (χ3n) is 2.90. The summed E-state index contributed by atoms with van der Waals surface area (Å²) < 4.78 is 0.383. The van der Waals surface area contributed by atoms with Crippen LogP contribution in [-0.4, -0.2) is 26.7 Å². The number of hydrogen-bond donors (Lipinski definition) is 2. The SMILES string of the molecule is CC(NC1CSC1(C)C)c1ccn[nH]1. The highest BCUT2D eigenvalue weighted by Crippen LogP contribution is 2.40. The highest BCUT2D eigenvalue weighted by Gasteiger charge is 2.39. The summed E-state index contributed by atoms with van der Waals surface area (Å²) in [6, 6.07) is 3.00. The number of rotatable bonds is 3. The molecule has 2 N–H and O–H groups in total. The Bertz CT molecular complexity index is 294. The Morgan fingerprint density at radius 3 is 2.93 bits per heavy atom. The van der Waals surface area contributed by atoms with E-state index in [-0.39, 0.29) is 0 Å². The van der Waals surface area contributed by atoms with E-state index in [9.17, 15) is 0 Å². The molecule has 2 atom stereocenters. The van der Waals surface area contributed by atoms with Crippen molar-refractivity contribution in [2.75, 3.05) is 5.75 Å². The van der Waals surface area contributed by atoms with E-state index in [1.54, 1.807) is 6.20 Å². The van der Waals surface area contributed by atoms with E-state index in [0.29, 0.717) is 16.8 Å². The van der Waals surface area contributed by atoms with Gasteiger partial charge in [-0.3, -0.25) is 5.10 Å². The van der Waals surface area contributed by atoms with Crippen molar-refractivity contribution in [3.05, 3.63) is 18.0 Å². The summed E-state index contributed by atoms with van der Waals surface area (Å²) in [5, 5.41) is 10.6. The van der Waals surface area contributed by atoms with E-state index in [2.05, 4.69) is 36.3 Å². The Labute approximate surface area is 89.1 Å². The van der Waals surface area contributed by atoms with Crippen LogP contribution in [0.15, 0.2) is 12.3 Å². The van der Waals surface area contributed by atoms with Crippen LogP contribution in [0.2, 0.25) is 0 Å². The molecule has 78 valence electrons. The van der Waals surface area contributed by atoms with E-state index in [1.165, 1.54) is 5.75 Å². The number of thioether (sulfide) groups is 1. The van der Waals surface area contributed by atoms with E-state index in [4.69, 9.17) is 0 Å². The molecular formula is C10H17N3S. The lowest BCUT2D eigenvalue weighted by atomic mass is 10.0. The molecule has 0 bridgehead atoms. The fourth-order valence-electron chi connectivity index (χ4n) is 1.65. The van der Waals surface area contributed by atoms with Crippen molar-refractivity contribution in [1.82, 2.24) is 15.5 Å². The van der Waals surface area contributed by atoms with Gasteiger partial charge in [-0.05, 0) is 26.8 Å². The first-order valence-corrected chi connectivity index (χ1v) is 5.97. The standard InChI is InChI=1S/C10H17N3S/c1-7(8-4-5-11-13-8)12-9-6-14-10(9,2)3/h4-5,7,9,12H,6H2,1-3H3,(H,11,13). The zero-order chi connectivity index (χ0) is 10.2. The van der Waals surface area contributed by atoms with Crippen molar-refractivity contribution in [3.63, 3.8) is 0 Å². The highest BCUT2D eigenvalue weighted by molar-refractivity contribution is 8.02. The average Bonchev–Trinajstić information content (AvgIpc) is 2.65. The van der Waals surface area contributed by atoms with Crippen LogP contribution in [0.1, 0.15) is 32.5 Å². The summed E-state index contributed by atoms with van der Waals surface area (Å²) in [4.78, 5) is 0. The maximum Gasteiger partial charge on any atom is 0.0518 e. The maximum atomic E-state index is 3.96. The second-order valence-electron chi connectivity index (χ2n) is 4.37. The van der Waals surface area contributed by atoms with Gasteiger partial charge in [0.05, 0.1) is 5.69 Å². The number of hydrogen-bond acceptors (Lipinski definition) is 3. The van der Waals surface area contributed by atoms with Gasteiger partial charge in [-0.1, -0.05) is 0 Å². The molecule has 2 unspecified atom stereocenters. The van der Waals surface area contributed by atoms with Gasteiger partial charge in [0.2, 0.25) is 0 Å². The molecule has 0 spiro atoms. The zero-order valence-electron chi connectivity index (χ0n) is 8.87. The van der Waals surface area contributed by atoms with Crippen LogP contribution in [0.5, 0.6) is 0 Å². The lowest BCUT2D eigenvalue weighted by Crippen LogP contribution is -2.55. The predicted molar refractivity (Wildman–Crippen MR) is 60.5 cm³/mol. The van der Waals surface area contributed by atoms with Gasteiger partial charge in [-0.25, -0.2) is 0 Å². The van der Waals surface area contributed by atoms with Crippen molar-refractivity contribution in [2.45, 2.75) is 37.6 Å². The third kappa shape index (κ3) is 1.81. The molecule has 0 saturated carbocycles. The second kappa shape index (κ2) is 3.59. The zero-order valence-corrected chi connectivity index (χ0v) is 9.69. The van der Waals surface area contributed by atoms with Crippen LogP contribution < -0.4 is 5.32 Å². The molecule has 1 saturated heterocycles. The summed E-state index contributed by atoms with van der Waals surface area (Å²) in [6.07, 6.45) is 1.80. The van der Waals surface area contributed by atoms with Crippen LogP contribution in [-0.2, 0) is 0 Å². The molecule has 0 amide bonds. The Kier molecular flexibility index (Phi) is 2.58.